The highest BCUT2D eigenvalue weighted by Crippen LogP contribution is 2.20. The van der Waals surface area contributed by atoms with Crippen molar-refractivity contribution in [2.75, 3.05) is 5.32 Å². The summed E-state index contributed by atoms with van der Waals surface area (Å²) < 4.78 is 0. The number of aryl methyl sites for hydroxylation is 1. The molecule has 3 aromatic rings. The Balaban J connectivity index is 1.69. The standard InChI is InChI=1S/C16H13Cl2N5O/c1-10-2-5-13(18)8-14(10)19-15(24)9-23-21-16(20-22-23)11-3-6-12(17)7-4-11/h2-8H,9H2,1H3,(H,19,24). The molecule has 3 rings (SSSR count). The average Bonchev–Trinajstić information content (AvgIpc) is 3.00. The number of carbonyl (C=O) groups excluding carboxylic acids is 1. The monoisotopic (exact) mass is 361 g/mol. The minimum atomic E-state index is -0.263. The van der Waals surface area contributed by atoms with Crippen molar-refractivity contribution in [1.82, 2.24) is 20.2 Å². The number of anilines is 1. The predicted octanol–water partition coefficient (Wildman–Crippen LogP) is 3.59. The minimum Gasteiger partial charge on any atom is -0.324 e. The number of rotatable bonds is 4. The van der Waals surface area contributed by atoms with Crippen molar-refractivity contribution in [3.05, 3.63) is 58.1 Å². The first-order chi connectivity index (χ1) is 11.5. The van der Waals surface area contributed by atoms with E-state index in [1.54, 1.807) is 36.4 Å². The lowest BCUT2D eigenvalue weighted by Gasteiger charge is -2.08. The smallest absolute Gasteiger partial charge is 0.248 e. The molecule has 0 aliphatic rings. The van der Waals surface area contributed by atoms with Crippen LogP contribution in [-0.2, 0) is 11.3 Å². The molecule has 24 heavy (non-hydrogen) atoms. The van der Waals surface area contributed by atoms with Gasteiger partial charge in [-0.15, -0.1) is 10.2 Å². The largest absolute Gasteiger partial charge is 0.324 e. The maximum Gasteiger partial charge on any atom is 0.248 e. The number of hydrogen-bond acceptors (Lipinski definition) is 4. The van der Waals surface area contributed by atoms with Crippen LogP contribution in [0, 0.1) is 6.92 Å². The summed E-state index contributed by atoms with van der Waals surface area (Å²) in [5.74, 6) is 0.166. The lowest BCUT2D eigenvalue weighted by Crippen LogP contribution is -2.21. The lowest BCUT2D eigenvalue weighted by atomic mass is 10.2. The van der Waals surface area contributed by atoms with E-state index >= 15 is 0 Å². The fourth-order valence-corrected chi connectivity index (χ4v) is 2.37. The summed E-state index contributed by atoms with van der Waals surface area (Å²) in [5.41, 5.74) is 2.35. The normalized spacial score (nSPS) is 10.6. The summed E-state index contributed by atoms with van der Waals surface area (Å²) in [6, 6.07) is 12.4. The van der Waals surface area contributed by atoms with Crippen LogP contribution in [0.1, 0.15) is 5.56 Å². The SMILES string of the molecule is Cc1ccc(Cl)cc1NC(=O)Cn1nnc(-c2ccc(Cl)cc2)n1. The third-order valence-electron chi connectivity index (χ3n) is 3.31. The Kier molecular flexibility index (Phi) is 4.78. The van der Waals surface area contributed by atoms with Crippen molar-refractivity contribution < 1.29 is 4.79 Å². The summed E-state index contributed by atoms with van der Waals surface area (Å²) in [6.45, 7) is 1.84. The van der Waals surface area contributed by atoms with Gasteiger partial charge in [-0.25, -0.2) is 0 Å². The van der Waals surface area contributed by atoms with E-state index < -0.39 is 0 Å². The molecule has 0 bridgehead atoms. The molecule has 0 spiro atoms. The minimum absolute atomic E-state index is 0.0491. The molecular formula is C16H13Cl2N5O. The van der Waals surface area contributed by atoms with Crippen LogP contribution >= 0.6 is 23.2 Å². The Morgan fingerprint density at radius 1 is 1.12 bits per heavy atom. The zero-order valence-electron chi connectivity index (χ0n) is 12.7. The van der Waals surface area contributed by atoms with Crippen LogP contribution < -0.4 is 5.32 Å². The zero-order chi connectivity index (χ0) is 17.1. The molecule has 0 aliphatic heterocycles. The molecule has 0 fully saturated rings. The molecule has 8 heteroatoms. The third-order valence-corrected chi connectivity index (χ3v) is 3.80. The first kappa shape index (κ1) is 16.4. The second-order valence-electron chi connectivity index (χ2n) is 5.16. The van der Waals surface area contributed by atoms with Gasteiger partial charge in [0.15, 0.2) is 0 Å². The van der Waals surface area contributed by atoms with Crippen LogP contribution in [0.5, 0.6) is 0 Å². The molecule has 0 atom stereocenters. The van der Waals surface area contributed by atoms with Gasteiger partial charge in [0.1, 0.15) is 6.54 Å². The molecule has 0 saturated carbocycles. The highest BCUT2D eigenvalue weighted by molar-refractivity contribution is 6.31. The van der Waals surface area contributed by atoms with Gasteiger partial charge in [0, 0.05) is 21.3 Å². The summed E-state index contributed by atoms with van der Waals surface area (Å²) in [7, 11) is 0. The van der Waals surface area contributed by atoms with E-state index in [9.17, 15) is 4.79 Å². The lowest BCUT2D eigenvalue weighted by molar-refractivity contribution is -0.117. The van der Waals surface area contributed by atoms with E-state index in [4.69, 9.17) is 23.2 Å². The van der Waals surface area contributed by atoms with E-state index in [0.29, 0.717) is 21.6 Å². The van der Waals surface area contributed by atoms with Gasteiger partial charge in [0.25, 0.3) is 0 Å². The molecule has 0 saturated heterocycles. The average molecular weight is 362 g/mol. The first-order valence-corrected chi connectivity index (χ1v) is 7.86. The Labute approximate surface area is 148 Å². The maximum absolute atomic E-state index is 12.1. The van der Waals surface area contributed by atoms with E-state index in [1.165, 1.54) is 4.80 Å². The van der Waals surface area contributed by atoms with Gasteiger partial charge in [-0.05, 0) is 54.1 Å². The number of carbonyl (C=O) groups is 1. The summed E-state index contributed by atoms with van der Waals surface area (Å²) in [4.78, 5) is 13.4. The van der Waals surface area contributed by atoms with Crippen LogP contribution in [0.15, 0.2) is 42.5 Å². The Morgan fingerprint density at radius 2 is 1.83 bits per heavy atom. The van der Waals surface area contributed by atoms with Crippen LogP contribution in [0.2, 0.25) is 10.0 Å². The third kappa shape index (κ3) is 3.90. The molecule has 0 aliphatic carbocycles. The van der Waals surface area contributed by atoms with Gasteiger partial charge < -0.3 is 5.32 Å². The van der Waals surface area contributed by atoms with Gasteiger partial charge in [0.2, 0.25) is 11.7 Å². The number of nitrogens with zero attached hydrogens (tertiary/aromatic N) is 4. The molecule has 1 amide bonds. The topological polar surface area (TPSA) is 72.7 Å². The van der Waals surface area contributed by atoms with Crippen molar-refractivity contribution in [3.8, 4) is 11.4 Å². The predicted molar refractivity (Wildman–Crippen MR) is 93.1 cm³/mol. The Hall–Kier alpha value is -2.44. The molecule has 0 unspecified atom stereocenters. The van der Waals surface area contributed by atoms with Crippen molar-refractivity contribution >= 4 is 34.8 Å². The van der Waals surface area contributed by atoms with Gasteiger partial charge >= 0.3 is 0 Å². The van der Waals surface area contributed by atoms with Crippen molar-refractivity contribution in [2.24, 2.45) is 0 Å². The molecule has 122 valence electrons. The fourth-order valence-electron chi connectivity index (χ4n) is 2.07. The number of benzene rings is 2. The number of aromatic nitrogens is 4. The number of amides is 1. The summed E-state index contributed by atoms with van der Waals surface area (Å²) in [6.07, 6.45) is 0. The van der Waals surface area contributed by atoms with Gasteiger partial charge in [-0.3, -0.25) is 4.79 Å². The Bertz CT molecular complexity index is 876. The number of halogens is 2. The van der Waals surface area contributed by atoms with Crippen LogP contribution in [0.25, 0.3) is 11.4 Å². The van der Waals surface area contributed by atoms with Gasteiger partial charge in [-0.1, -0.05) is 29.3 Å². The van der Waals surface area contributed by atoms with Gasteiger partial charge in [-0.2, -0.15) is 4.80 Å². The molecule has 1 N–H and O–H groups in total. The molecule has 6 nitrogen and oxygen atoms in total. The number of hydrogen-bond donors (Lipinski definition) is 1. The maximum atomic E-state index is 12.1. The first-order valence-electron chi connectivity index (χ1n) is 7.11. The highest BCUT2D eigenvalue weighted by Gasteiger charge is 2.10. The molecular weight excluding hydrogens is 349 g/mol. The highest BCUT2D eigenvalue weighted by atomic mass is 35.5. The zero-order valence-corrected chi connectivity index (χ0v) is 14.2. The second-order valence-corrected chi connectivity index (χ2v) is 6.03. The molecule has 1 heterocycles. The van der Waals surface area contributed by atoms with E-state index in [1.807, 2.05) is 13.0 Å². The van der Waals surface area contributed by atoms with Crippen molar-refractivity contribution in [1.29, 1.82) is 0 Å². The van der Waals surface area contributed by atoms with Crippen LogP contribution in [0.4, 0.5) is 5.69 Å². The summed E-state index contributed by atoms with van der Waals surface area (Å²) >= 11 is 11.8. The van der Waals surface area contributed by atoms with Crippen LogP contribution in [-0.4, -0.2) is 26.1 Å². The van der Waals surface area contributed by atoms with Crippen molar-refractivity contribution in [3.63, 3.8) is 0 Å². The van der Waals surface area contributed by atoms with E-state index in [-0.39, 0.29) is 12.5 Å². The summed E-state index contributed by atoms with van der Waals surface area (Å²) in [5, 5.41) is 16.0. The van der Waals surface area contributed by atoms with Crippen LogP contribution in [0.3, 0.4) is 0 Å². The van der Waals surface area contributed by atoms with E-state index in [0.717, 1.165) is 11.1 Å². The number of tetrazole rings is 1. The van der Waals surface area contributed by atoms with Gasteiger partial charge in [0.05, 0.1) is 0 Å². The van der Waals surface area contributed by atoms with E-state index in [2.05, 4.69) is 20.7 Å². The number of nitrogens with one attached hydrogen (secondary N) is 1. The Morgan fingerprint density at radius 3 is 2.58 bits per heavy atom. The fraction of sp³-hybridized carbons (Fsp3) is 0.125. The molecule has 2 aromatic carbocycles. The molecule has 1 aromatic heterocycles. The molecule has 0 radical (unpaired) electrons. The quantitative estimate of drug-likeness (QED) is 0.770. The second kappa shape index (κ2) is 6.98. The van der Waals surface area contributed by atoms with Crippen molar-refractivity contribution in [2.45, 2.75) is 13.5 Å².